The molecule has 0 unspecified atom stereocenters. The molecule has 0 saturated carbocycles. The number of hydrogen-bond acceptors (Lipinski definition) is 4. The van der Waals surface area contributed by atoms with Gasteiger partial charge in [0.2, 0.25) is 9.84 Å². The van der Waals surface area contributed by atoms with Crippen LogP contribution in [0, 0.1) is 0 Å². The molecule has 5 nitrogen and oxygen atoms in total. The molecule has 1 fully saturated rings. The maximum absolute atomic E-state index is 13.0. The van der Waals surface area contributed by atoms with Gasteiger partial charge < -0.3 is 4.90 Å². The second kappa shape index (κ2) is 6.06. The number of hydrogen-bond donors (Lipinski definition) is 0. The molecule has 6 heteroatoms. The molecule has 2 aromatic carbocycles. The molecule has 1 amide bonds. The van der Waals surface area contributed by atoms with Crippen LogP contribution in [0.4, 0.5) is 0 Å². The first kappa shape index (κ1) is 17.0. The monoisotopic (exact) mass is 369 g/mol. The fourth-order valence-electron chi connectivity index (χ4n) is 3.78. The zero-order valence-corrected chi connectivity index (χ0v) is 15.3. The maximum atomic E-state index is 13.0. The Hall–Kier alpha value is -2.47. The molecule has 1 saturated heterocycles. The lowest BCUT2D eigenvalue weighted by Gasteiger charge is -2.33. The van der Waals surface area contributed by atoms with E-state index < -0.39 is 9.84 Å². The molecule has 2 aliphatic rings. The van der Waals surface area contributed by atoms with E-state index in [1.54, 1.807) is 23.1 Å². The normalized spacial score (nSPS) is 21.0. The predicted octanol–water partition coefficient (Wildman–Crippen LogP) is 3.08. The Balaban J connectivity index is 1.81. The number of amides is 1. The summed E-state index contributed by atoms with van der Waals surface area (Å²) in [6.45, 7) is 2.68. The lowest BCUT2D eigenvalue weighted by atomic mass is 9.99. The van der Waals surface area contributed by atoms with Gasteiger partial charge in [-0.25, -0.2) is 8.42 Å². The Morgan fingerprint density at radius 3 is 2.54 bits per heavy atom. The summed E-state index contributed by atoms with van der Waals surface area (Å²) in [5, 5.41) is 0. The van der Waals surface area contributed by atoms with E-state index in [0.717, 1.165) is 19.3 Å². The van der Waals surface area contributed by atoms with Gasteiger partial charge in [-0.2, -0.15) is 0 Å². The summed E-state index contributed by atoms with van der Waals surface area (Å²) in [6.07, 6.45) is 2.99. The molecule has 2 heterocycles. The number of piperidine rings is 1. The lowest BCUT2D eigenvalue weighted by molar-refractivity contribution is 0.0635. The lowest BCUT2D eigenvalue weighted by Crippen LogP contribution is -2.42. The number of likely N-dealkylation sites (tertiary alicyclic amines) is 1. The Kier molecular flexibility index (Phi) is 3.95. The summed E-state index contributed by atoms with van der Waals surface area (Å²) < 4.78 is 26.0. The van der Waals surface area contributed by atoms with Crippen molar-refractivity contribution in [2.75, 3.05) is 6.54 Å². The van der Waals surface area contributed by atoms with Crippen LogP contribution in [0.15, 0.2) is 52.3 Å². The third-order valence-electron chi connectivity index (χ3n) is 5.25. The van der Waals surface area contributed by atoms with Crippen LogP contribution in [-0.4, -0.2) is 37.6 Å². The van der Waals surface area contributed by atoms with E-state index in [0.29, 0.717) is 12.1 Å². The summed E-state index contributed by atoms with van der Waals surface area (Å²) >= 11 is 0. The first-order valence-corrected chi connectivity index (χ1v) is 10.2. The quantitative estimate of drug-likeness (QED) is 0.661. The zero-order chi connectivity index (χ0) is 18.5. The molecule has 0 spiro atoms. The van der Waals surface area contributed by atoms with E-state index in [1.165, 1.54) is 24.3 Å². The molecule has 0 aliphatic carbocycles. The first-order chi connectivity index (χ1) is 12.4. The van der Waals surface area contributed by atoms with Crippen molar-refractivity contribution in [3.8, 4) is 0 Å². The second-order valence-corrected chi connectivity index (χ2v) is 8.77. The second-order valence-electron chi connectivity index (χ2n) is 6.88. The molecule has 0 bridgehead atoms. The van der Waals surface area contributed by atoms with E-state index in [4.69, 9.17) is 0 Å². The SMILES string of the molecule is C[C@H]1CCCCN1C(=O)c1ccc2c(c1)S(=O)(=O)c1ccccc1C2=O. The number of nitrogens with zero attached hydrogens (tertiary/aromatic N) is 1. The minimum Gasteiger partial charge on any atom is -0.336 e. The first-order valence-electron chi connectivity index (χ1n) is 8.75. The molecule has 0 radical (unpaired) electrons. The smallest absolute Gasteiger partial charge is 0.254 e. The van der Waals surface area contributed by atoms with Crippen molar-refractivity contribution >= 4 is 21.5 Å². The fraction of sp³-hybridized carbons (Fsp3) is 0.300. The van der Waals surface area contributed by atoms with E-state index in [2.05, 4.69) is 0 Å². The highest BCUT2D eigenvalue weighted by Gasteiger charge is 2.35. The van der Waals surface area contributed by atoms with E-state index in [1.807, 2.05) is 6.92 Å². The number of ketones is 1. The summed E-state index contributed by atoms with van der Waals surface area (Å²) in [5.41, 5.74) is 0.629. The van der Waals surface area contributed by atoms with Crippen LogP contribution in [0.25, 0.3) is 0 Å². The number of sulfone groups is 1. The van der Waals surface area contributed by atoms with Gasteiger partial charge in [0.05, 0.1) is 9.79 Å². The highest BCUT2D eigenvalue weighted by Crippen LogP contribution is 2.35. The number of fused-ring (bicyclic) bond motifs is 2. The van der Waals surface area contributed by atoms with Gasteiger partial charge in [0.1, 0.15) is 0 Å². The van der Waals surface area contributed by atoms with E-state index >= 15 is 0 Å². The van der Waals surface area contributed by atoms with Crippen LogP contribution in [0.5, 0.6) is 0 Å². The topological polar surface area (TPSA) is 71.5 Å². The number of carbonyl (C=O) groups is 2. The van der Waals surface area contributed by atoms with Gasteiger partial charge in [0, 0.05) is 29.3 Å². The van der Waals surface area contributed by atoms with Crippen molar-refractivity contribution < 1.29 is 18.0 Å². The van der Waals surface area contributed by atoms with Crippen molar-refractivity contribution in [2.45, 2.75) is 42.0 Å². The Labute approximate surface area is 152 Å². The molecule has 0 aromatic heterocycles. The average Bonchev–Trinajstić information content (AvgIpc) is 2.66. The standard InChI is InChI=1S/C20H19NO4S/c1-13-6-4-5-11-21(13)20(23)14-9-10-16-18(12-14)26(24,25)17-8-3-2-7-15(17)19(16)22/h2-3,7-10,12-13H,4-6,11H2,1H3/t13-/m0/s1. The predicted molar refractivity (Wildman–Crippen MR) is 96.1 cm³/mol. The highest BCUT2D eigenvalue weighted by atomic mass is 32.2. The van der Waals surface area contributed by atoms with Crippen molar-refractivity contribution in [3.63, 3.8) is 0 Å². The molecular weight excluding hydrogens is 350 g/mol. The van der Waals surface area contributed by atoms with Gasteiger partial charge in [0.25, 0.3) is 5.91 Å². The van der Waals surface area contributed by atoms with Gasteiger partial charge in [-0.15, -0.1) is 0 Å². The summed E-state index contributed by atoms with van der Waals surface area (Å²) in [4.78, 5) is 27.3. The Morgan fingerprint density at radius 1 is 1.04 bits per heavy atom. The molecule has 2 aromatic rings. The van der Waals surface area contributed by atoms with Crippen LogP contribution in [0.2, 0.25) is 0 Å². The molecule has 134 valence electrons. The third kappa shape index (κ3) is 2.48. The average molecular weight is 369 g/mol. The molecule has 1 atom stereocenters. The van der Waals surface area contributed by atoms with Crippen molar-refractivity contribution in [2.24, 2.45) is 0 Å². The Bertz CT molecular complexity index is 1030. The molecule has 2 aliphatic heterocycles. The highest BCUT2D eigenvalue weighted by molar-refractivity contribution is 7.91. The summed E-state index contributed by atoms with van der Waals surface area (Å²) in [5.74, 6) is -0.503. The van der Waals surface area contributed by atoms with Crippen LogP contribution in [0.1, 0.15) is 52.5 Å². The van der Waals surface area contributed by atoms with Gasteiger partial charge in [-0.3, -0.25) is 9.59 Å². The minimum absolute atomic E-state index is 0.00781. The minimum atomic E-state index is -3.83. The van der Waals surface area contributed by atoms with Gasteiger partial charge in [-0.05, 0) is 56.5 Å². The van der Waals surface area contributed by atoms with Crippen molar-refractivity contribution in [1.29, 1.82) is 0 Å². The van der Waals surface area contributed by atoms with Gasteiger partial charge >= 0.3 is 0 Å². The van der Waals surface area contributed by atoms with Crippen LogP contribution in [-0.2, 0) is 9.84 Å². The van der Waals surface area contributed by atoms with Gasteiger partial charge in [0.15, 0.2) is 5.78 Å². The molecule has 26 heavy (non-hydrogen) atoms. The van der Waals surface area contributed by atoms with Crippen molar-refractivity contribution in [1.82, 2.24) is 4.90 Å². The molecular formula is C20H19NO4S. The zero-order valence-electron chi connectivity index (χ0n) is 14.4. The van der Waals surface area contributed by atoms with Gasteiger partial charge in [-0.1, -0.05) is 12.1 Å². The van der Waals surface area contributed by atoms with Crippen LogP contribution in [0.3, 0.4) is 0 Å². The van der Waals surface area contributed by atoms with E-state index in [-0.39, 0.29) is 38.7 Å². The fourth-order valence-corrected chi connectivity index (χ4v) is 5.46. The number of carbonyl (C=O) groups excluding carboxylic acids is 2. The number of rotatable bonds is 1. The molecule has 0 N–H and O–H groups in total. The van der Waals surface area contributed by atoms with Crippen LogP contribution >= 0.6 is 0 Å². The third-order valence-corrected chi connectivity index (χ3v) is 7.10. The van der Waals surface area contributed by atoms with Crippen molar-refractivity contribution in [3.05, 3.63) is 59.2 Å². The van der Waals surface area contributed by atoms with E-state index in [9.17, 15) is 18.0 Å². The largest absolute Gasteiger partial charge is 0.336 e. The Morgan fingerprint density at radius 2 is 1.77 bits per heavy atom. The maximum Gasteiger partial charge on any atom is 0.254 e. The number of benzene rings is 2. The summed E-state index contributed by atoms with van der Waals surface area (Å²) in [7, 11) is -3.83. The molecule has 4 rings (SSSR count). The summed E-state index contributed by atoms with van der Waals surface area (Å²) in [6, 6.07) is 10.7. The van der Waals surface area contributed by atoms with Crippen LogP contribution < -0.4 is 0 Å².